The lowest BCUT2D eigenvalue weighted by Gasteiger charge is -2.36. The first-order chi connectivity index (χ1) is 8.04. The lowest BCUT2D eigenvalue weighted by atomic mass is 9.93. The van der Waals surface area contributed by atoms with Gasteiger partial charge in [-0.05, 0) is 25.1 Å². The number of hydrogen-bond acceptors (Lipinski definition) is 3. The Hall–Kier alpha value is -1.30. The van der Waals surface area contributed by atoms with Gasteiger partial charge in [0.1, 0.15) is 11.8 Å². The first kappa shape index (κ1) is 10.8. The lowest BCUT2D eigenvalue weighted by molar-refractivity contribution is -0.141. The van der Waals surface area contributed by atoms with Crippen LogP contribution in [0.25, 0.3) is 0 Å². The molecule has 0 amide bonds. The van der Waals surface area contributed by atoms with E-state index < -0.39 is 11.9 Å². The van der Waals surface area contributed by atoms with Crippen LogP contribution in [-0.4, -0.2) is 17.6 Å². The van der Waals surface area contributed by atoms with Crippen LogP contribution in [0, 0.1) is 0 Å². The van der Waals surface area contributed by atoms with Crippen LogP contribution in [0.2, 0.25) is 0 Å². The van der Waals surface area contributed by atoms with E-state index >= 15 is 0 Å². The summed E-state index contributed by atoms with van der Waals surface area (Å²) in [5.74, 6) is 0.133. The third-order valence-corrected chi connectivity index (χ3v) is 3.19. The van der Waals surface area contributed by atoms with Crippen LogP contribution in [0.15, 0.2) is 12.1 Å². The van der Waals surface area contributed by atoms with Gasteiger partial charge in [-0.1, -0.05) is 0 Å². The van der Waals surface area contributed by atoms with Crippen molar-refractivity contribution in [1.29, 1.82) is 0 Å². The quantitative estimate of drug-likeness (QED) is 0.760. The van der Waals surface area contributed by atoms with E-state index in [0.29, 0.717) is 0 Å². The molecule has 2 bridgehead atoms. The van der Waals surface area contributed by atoms with Gasteiger partial charge in [0.15, 0.2) is 0 Å². The second-order valence-electron chi connectivity index (χ2n) is 4.36. The number of rotatable bonds is 0. The van der Waals surface area contributed by atoms with Crippen LogP contribution in [0.4, 0.5) is 13.2 Å². The maximum absolute atomic E-state index is 12.5. The Morgan fingerprint density at radius 2 is 2.18 bits per heavy atom. The molecule has 17 heavy (non-hydrogen) atoms. The highest BCUT2D eigenvalue weighted by molar-refractivity contribution is 5.34. The minimum atomic E-state index is -4.42. The van der Waals surface area contributed by atoms with E-state index in [1.807, 2.05) is 0 Å². The molecule has 1 aromatic rings. The molecule has 0 saturated carbocycles. The average Bonchev–Trinajstić information content (AvgIpc) is 2.27. The van der Waals surface area contributed by atoms with Crippen molar-refractivity contribution in [3.63, 3.8) is 0 Å². The van der Waals surface area contributed by atoms with E-state index in [4.69, 9.17) is 4.74 Å². The Balaban J connectivity index is 2.01. The summed E-state index contributed by atoms with van der Waals surface area (Å²) in [7, 11) is 0. The third-order valence-electron chi connectivity index (χ3n) is 3.19. The number of nitrogens with one attached hydrogen (secondary N) is 1. The normalized spacial score (nSPS) is 27.2. The molecule has 0 aliphatic carbocycles. The number of halogens is 3. The van der Waals surface area contributed by atoms with Gasteiger partial charge < -0.3 is 10.1 Å². The van der Waals surface area contributed by atoms with Gasteiger partial charge in [0, 0.05) is 18.0 Å². The molecule has 92 valence electrons. The molecule has 6 heteroatoms. The minimum absolute atomic E-state index is 0.00951. The largest absolute Gasteiger partial charge is 0.474 e. The monoisotopic (exact) mass is 244 g/mol. The smallest absolute Gasteiger partial charge is 0.433 e. The molecule has 2 aliphatic rings. The molecule has 3 heterocycles. The number of alkyl halides is 3. The maximum Gasteiger partial charge on any atom is 0.433 e. The summed E-state index contributed by atoms with van der Waals surface area (Å²) >= 11 is 0. The van der Waals surface area contributed by atoms with Gasteiger partial charge in [-0.25, -0.2) is 4.98 Å². The van der Waals surface area contributed by atoms with Gasteiger partial charge in [0.2, 0.25) is 5.88 Å². The highest BCUT2D eigenvalue weighted by Crippen LogP contribution is 2.38. The molecule has 0 radical (unpaired) electrons. The van der Waals surface area contributed by atoms with E-state index in [-0.39, 0.29) is 18.0 Å². The molecule has 1 saturated heterocycles. The molecule has 1 N–H and O–H groups in total. The summed E-state index contributed by atoms with van der Waals surface area (Å²) in [6, 6.07) is 2.55. The summed E-state index contributed by atoms with van der Waals surface area (Å²) < 4.78 is 43.0. The summed E-state index contributed by atoms with van der Waals surface area (Å²) in [5.41, 5.74) is -0.162. The number of pyridine rings is 1. The standard InChI is InChI=1S/C11H11F3N2O/c12-11(13,14)9-2-1-7-8-5-6(3-4-15-8)17-10(7)16-9/h1-2,6,8,15H,3-5H2. The Kier molecular flexibility index (Phi) is 2.29. The van der Waals surface area contributed by atoms with Gasteiger partial charge in [0.25, 0.3) is 0 Å². The van der Waals surface area contributed by atoms with Crippen molar-refractivity contribution in [3.05, 3.63) is 23.4 Å². The van der Waals surface area contributed by atoms with E-state index in [2.05, 4.69) is 10.3 Å². The second-order valence-corrected chi connectivity index (χ2v) is 4.36. The van der Waals surface area contributed by atoms with Crippen molar-refractivity contribution in [2.24, 2.45) is 0 Å². The summed E-state index contributed by atoms with van der Waals surface area (Å²) in [4.78, 5) is 3.58. The summed E-state index contributed by atoms with van der Waals surface area (Å²) in [6.45, 7) is 0.829. The highest BCUT2D eigenvalue weighted by atomic mass is 19.4. The molecule has 3 rings (SSSR count). The van der Waals surface area contributed by atoms with Gasteiger partial charge in [-0.3, -0.25) is 0 Å². The molecule has 2 atom stereocenters. The van der Waals surface area contributed by atoms with Crippen molar-refractivity contribution in [2.75, 3.05) is 6.54 Å². The number of nitrogens with zero attached hydrogens (tertiary/aromatic N) is 1. The first-order valence-electron chi connectivity index (χ1n) is 5.52. The SMILES string of the molecule is FC(F)(F)c1ccc2c(n1)OC1CCNC2C1. The zero-order chi connectivity index (χ0) is 12.0. The van der Waals surface area contributed by atoms with E-state index in [1.54, 1.807) is 0 Å². The van der Waals surface area contributed by atoms with E-state index in [9.17, 15) is 13.2 Å². The lowest BCUT2D eigenvalue weighted by Crippen LogP contribution is -2.41. The molecule has 2 aliphatic heterocycles. The van der Waals surface area contributed by atoms with Crippen LogP contribution in [0.1, 0.15) is 30.1 Å². The number of ether oxygens (including phenoxy) is 1. The molecular formula is C11H11F3N2O. The number of fused-ring (bicyclic) bond motifs is 4. The van der Waals surface area contributed by atoms with E-state index in [1.165, 1.54) is 6.07 Å². The van der Waals surface area contributed by atoms with Gasteiger partial charge in [0.05, 0.1) is 0 Å². The van der Waals surface area contributed by atoms with Crippen LogP contribution in [0.5, 0.6) is 5.88 Å². The average molecular weight is 244 g/mol. The molecular weight excluding hydrogens is 233 g/mol. The van der Waals surface area contributed by atoms with Crippen molar-refractivity contribution < 1.29 is 17.9 Å². The van der Waals surface area contributed by atoms with Crippen molar-refractivity contribution >= 4 is 0 Å². The second kappa shape index (κ2) is 3.60. The number of aromatic nitrogens is 1. The molecule has 2 unspecified atom stereocenters. The molecule has 1 fully saturated rings. The first-order valence-corrected chi connectivity index (χ1v) is 5.52. The molecule has 3 nitrogen and oxygen atoms in total. The fraction of sp³-hybridized carbons (Fsp3) is 0.545. The third kappa shape index (κ3) is 1.86. The highest BCUT2D eigenvalue weighted by Gasteiger charge is 2.37. The summed E-state index contributed by atoms with van der Waals surface area (Å²) in [5, 5.41) is 3.26. The fourth-order valence-electron chi connectivity index (χ4n) is 2.35. The Morgan fingerprint density at radius 3 is 2.94 bits per heavy atom. The van der Waals surface area contributed by atoms with Crippen molar-refractivity contribution in [3.8, 4) is 5.88 Å². The number of hydrogen-bond donors (Lipinski definition) is 1. The van der Waals surface area contributed by atoms with Crippen molar-refractivity contribution in [2.45, 2.75) is 31.2 Å². The Labute approximate surface area is 96.0 Å². The van der Waals surface area contributed by atoms with Crippen LogP contribution in [0.3, 0.4) is 0 Å². The Bertz CT molecular complexity index is 447. The van der Waals surface area contributed by atoms with Gasteiger partial charge in [-0.15, -0.1) is 0 Å². The minimum Gasteiger partial charge on any atom is -0.474 e. The zero-order valence-electron chi connectivity index (χ0n) is 8.92. The topological polar surface area (TPSA) is 34.1 Å². The predicted octanol–water partition coefficient (Wildman–Crippen LogP) is 2.29. The summed E-state index contributed by atoms with van der Waals surface area (Å²) in [6.07, 6.45) is -2.81. The van der Waals surface area contributed by atoms with Crippen LogP contribution >= 0.6 is 0 Å². The van der Waals surface area contributed by atoms with Gasteiger partial charge in [-0.2, -0.15) is 13.2 Å². The molecule has 1 aromatic heterocycles. The predicted molar refractivity (Wildman–Crippen MR) is 53.6 cm³/mol. The zero-order valence-corrected chi connectivity index (χ0v) is 8.92. The maximum atomic E-state index is 12.5. The Morgan fingerprint density at radius 1 is 1.35 bits per heavy atom. The molecule has 0 aromatic carbocycles. The van der Waals surface area contributed by atoms with Gasteiger partial charge >= 0.3 is 6.18 Å². The van der Waals surface area contributed by atoms with Crippen molar-refractivity contribution in [1.82, 2.24) is 10.3 Å². The van der Waals surface area contributed by atoms with E-state index in [0.717, 1.165) is 31.0 Å². The number of piperidine rings is 1. The van der Waals surface area contributed by atoms with Crippen LogP contribution < -0.4 is 10.1 Å². The molecule has 0 spiro atoms. The fourth-order valence-corrected chi connectivity index (χ4v) is 2.35. The van der Waals surface area contributed by atoms with Crippen LogP contribution in [-0.2, 0) is 6.18 Å².